The molecule has 0 aliphatic rings. The van der Waals surface area contributed by atoms with Crippen LogP contribution in [0.15, 0.2) is 65.6 Å². The number of hydrogen-bond donors (Lipinski definition) is 1. The Balaban J connectivity index is 2.15. The van der Waals surface area contributed by atoms with Crippen LogP contribution in [0, 0.1) is 6.92 Å². The zero-order chi connectivity index (χ0) is 30.3. The van der Waals surface area contributed by atoms with Gasteiger partial charge in [-0.3, -0.25) is 13.9 Å². The van der Waals surface area contributed by atoms with Gasteiger partial charge in [0.1, 0.15) is 18.3 Å². The molecule has 2 amide bonds. The largest absolute Gasteiger partial charge is 0.495 e. The molecule has 8 nitrogen and oxygen atoms in total. The first-order valence-electron chi connectivity index (χ1n) is 12.9. The highest BCUT2D eigenvalue weighted by atomic mass is 35.5. The number of amides is 2. The molecule has 3 rings (SSSR count). The number of likely N-dealkylation sites (N-methyl/N-ethyl adjacent to an activating group) is 1. The average Bonchev–Trinajstić information content (AvgIpc) is 2.93. The molecular formula is C29H32Cl3N3O5S. The van der Waals surface area contributed by atoms with Crippen LogP contribution >= 0.6 is 34.8 Å². The van der Waals surface area contributed by atoms with Gasteiger partial charge in [-0.25, -0.2) is 8.42 Å². The molecule has 1 atom stereocenters. The van der Waals surface area contributed by atoms with Crippen molar-refractivity contribution in [2.75, 3.05) is 24.5 Å². The van der Waals surface area contributed by atoms with Crippen molar-refractivity contribution in [1.82, 2.24) is 10.2 Å². The minimum Gasteiger partial charge on any atom is -0.495 e. The van der Waals surface area contributed by atoms with Gasteiger partial charge in [0.2, 0.25) is 11.8 Å². The van der Waals surface area contributed by atoms with E-state index in [0.717, 1.165) is 9.87 Å². The lowest BCUT2D eigenvalue weighted by atomic mass is 10.1. The summed E-state index contributed by atoms with van der Waals surface area (Å²) in [5.74, 6) is -0.811. The van der Waals surface area contributed by atoms with Gasteiger partial charge in [0.15, 0.2) is 0 Å². The standard InChI is InChI=1S/C29H32Cl3N3O5S/c1-5-25(29(37)33-6-2)34(17-20-9-10-21(30)15-24(20)32)28(36)18-35(26-16-22(31)11-14-27(26)40-4)41(38,39)23-12-7-19(3)8-13-23/h7-16,25H,5-6,17-18H2,1-4H3,(H,33,37)/t25-/m1/s1. The first-order chi connectivity index (χ1) is 19.4. The van der Waals surface area contributed by atoms with E-state index in [0.29, 0.717) is 22.2 Å². The Morgan fingerprint density at radius 2 is 1.59 bits per heavy atom. The van der Waals surface area contributed by atoms with Crippen molar-refractivity contribution in [1.29, 1.82) is 0 Å². The highest BCUT2D eigenvalue weighted by molar-refractivity contribution is 7.92. The van der Waals surface area contributed by atoms with Crippen LogP contribution in [0.4, 0.5) is 5.69 Å². The summed E-state index contributed by atoms with van der Waals surface area (Å²) in [5, 5.41) is 3.72. The van der Waals surface area contributed by atoms with E-state index in [9.17, 15) is 18.0 Å². The molecule has 220 valence electrons. The van der Waals surface area contributed by atoms with E-state index in [-0.39, 0.29) is 40.2 Å². The molecule has 41 heavy (non-hydrogen) atoms. The Hall–Kier alpha value is -2.98. The van der Waals surface area contributed by atoms with E-state index in [2.05, 4.69) is 5.32 Å². The predicted octanol–water partition coefficient (Wildman–Crippen LogP) is 6.10. The Bertz CT molecular complexity index is 1500. The van der Waals surface area contributed by atoms with E-state index in [4.69, 9.17) is 39.5 Å². The lowest BCUT2D eigenvalue weighted by Crippen LogP contribution is -2.52. The maximum atomic E-state index is 14.1. The molecule has 3 aromatic rings. The fourth-order valence-corrected chi connectivity index (χ4v) is 6.30. The zero-order valence-electron chi connectivity index (χ0n) is 23.2. The maximum Gasteiger partial charge on any atom is 0.264 e. The van der Waals surface area contributed by atoms with Crippen molar-refractivity contribution < 1.29 is 22.7 Å². The number of rotatable bonds is 12. The van der Waals surface area contributed by atoms with Gasteiger partial charge in [-0.05, 0) is 68.3 Å². The van der Waals surface area contributed by atoms with Crippen LogP contribution in [-0.4, -0.2) is 51.4 Å². The van der Waals surface area contributed by atoms with Gasteiger partial charge in [0, 0.05) is 28.2 Å². The van der Waals surface area contributed by atoms with Gasteiger partial charge in [0.05, 0.1) is 17.7 Å². The van der Waals surface area contributed by atoms with Crippen LogP contribution in [-0.2, 0) is 26.2 Å². The first kappa shape index (κ1) is 32.5. The van der Waals surface area contributed by atoms with Gasteiger partial charge in [-0.2, -0.15) is 0 Å². The van der Waals surface area contributed by atoms with Gasteiger partial charge in [-0.15, -0.1) is 0 Å². The summed E-state index contributed by atoms with van der Waals surface area (Å²) < 4.78 is 34.5. The second-order valence-electron chi connectivity index (χ2n) is 9.22. The number of methoxy groups -OCH3 is 1. The molecule has 0 aromatic heterocycles. The van der Waals surface area contributed by atoms with Crippen LogP contribution < -0.4 is 14.4 Å². The third kappa shape index (κ3) is 7.86. The van der Waals surface area contributed by atoms with Crippen molar-refractivity contribution in [2.45, 2.75) is 44.7 Å². The van der Waals surface area contributed by atoms with Crippen molar-refractivity contribution in [2.24, 2.45) is 0 Å². The summed E-state index contributed by atoms with van der Waals surface area (Å²) >= 11 is 18.8. The molecule has 0 spiro atoms. The third-order valence-electron chi connectivity index (χ3n) is 6.39. The topological polar surface area (TPSA) is 96.0 Å². The number of benzene rings is 3. The fourth-order valence-electron chi connectivity index (χ4n) is 4.25. The van der Waals surface area contributed by atoms with E-state index >= 15 is 0 Å². The van der Waals surface area contributed by atoms with Gasteiger partial charge in [0.25, 0.3) is 10.0 Å². The normalized spacial score (nSPS) is 12.0. The molecule has 0 radical (unpaired) electrons. The molecule has 0 bridgehead atoms. The molecule has 12 heteroatoms. The number of hydrogen-bond acceptors (Lipinski definition) is 5. The van der Waals surface area contributed by atoms with Gasteiger partial charge in [-0.1, -0.05) is 65.5 Å². The number of ether oxygens (including phenoxy) is 1. The first-order valence-corrected chi connectivity index (χ1v) is 15.4. The Morgan fingerprint density at radius 1 is 0.951 bits per heavy atom. The average molecular weight is 641 g/mol. The molecule has 0 saturated heterocycles. The molecular weight excluding hydrogens is 609 g/mol. The van der Waals surface area contributed by atoms with Crippen LogP contribution in [0.2, 0.25) is 15.1 Å². The Kier molecular flexibility index (Phi) is 11.3. The molecule has 0 fully saturated rings. The highest BCUT2D eigenvalue weighted by Crippen LogP contribution is 2.35. The second kappa shape index (κ2) is 14.3. The minimum atomic E-state index is -4.30. The highest BCUT2D eigenvalue weighted by Gasteiger charge is 2.35. The molecule has 0 heterocycles. The van der Waals surface area contributed by atoms with Crippen LogP contribution in [0.5, 0.6) is 5.75 Å². The summed E-state index contributed by atoms with van der Waals surface area (Å²) in [6, 6.07) is 14.7. The summed E-state index contributed by atoms with van der Waals surface area (Å²) in [6.45, 7) is 5.03. The number of nitrogens with zero attached hydrogens (tertiary/aromatic N) is 2. The number of carbonyl (C=O) groups excluding carboxylic acids is 2. The molecule has 0 saturated carbocycles. The predicted molar refractivity (Wildman–Crippen MR) is 163 cm³/mol. The van der Waals surface area contributed by atoms with Crippen molar-refractivity contribution in [3.63, 3.8) is 0 Å². The molecule has 0 aliphatic heterocycles. The second-order valence-corrected chi connectivity index (χ2v) is 12.4. The van der Waals surface area contributed by atoms with Crippen molar-refractivity contribution in [3.8, 4) is 5.75 Å². The number of anilines is 1. The minimum absolute atomic E-state index is 0.0269. The summed E-state index contributed by atoms with van der Waals surface area (Å²) in [7, 11) is -2.90. The fraction of sp³-hybridized carbons (Fsp3) is 0.310. The lowest BCUT2D eigenvalue weighted by molar-refractivity contribution is -0.140. The van der Waals surface area contributed by atoms with Gasteiger partial charge >= 0.3 is 0 Å². The number of nitrogens with one attached hydrogen (secondary N) is 1. The van der Waals surface area contributed by atoms with E-state index in [1.54, 1.807) is 50.2 Å². The molecule has 3 aromatic carbocycles. The summed E-state index contributed by atoms with van der Waals surface area (Å²) in [6.07, 6.45) is 0.272. The van der Waals surface area contributed by atoms with E-state index in [1.807, 2.05) is 6.92 Å². The van der Waals surface area contributed by atoms with Crippen molar-refractivity contribution in [3.05, 3.63) is 86.9 Å². The molecule has 0 unspecified atom stereocenters. The summed E-state index contributed by atoms with van der Waals surface area (Å²) in [5.41, 5.74) is 1.48. The van der Waals surface area contributed by atoms with Crippen LogP contribution in [0.3, 0.4) is 0 Å². The Labute approximate surface area is 256 Å². The maximum absolute atomic E-state index is 14.1. The number of carbonyl (C=O) groups is 2. The number of halogens is 3. The van der Waals surface area contributed by atoms with Crippen LogP contribution in [0.1, 0.15) is 31.4 Å². The SMILES string of the molecule is CCNC(=O)[C@@H](CC)N(Cc1ccc(Cl)cc1Cl)C(=O)CN(c1cc(Cl)ccc1OC)S(=O)(=O)c1ccc(C)cc1. The number of aryl methyl sites for hydroxylation is 1. The lowest BCUT2D eigenvalue weighted by Gasteiger charge is -2.33. The zero-order valence-corrected chi connectivity index (χ0v) is 26.2. The number of sulfonamides is 1. The van der Waals surface area contributed by atoms with E-state index in [1.165, 1.54) is 36.3 Å². The van der Waals surface area contributed by atoms with E-state index < -0.39 is 28.5 Å². The molecule has 1 N–H and O–H groups in total. The molecule has 0 aliphatic carbocycles. The van der Waals surface area contributed by atoms with Crippen molar-refractivity contribution >= 4 is 62.3 Å². The Morgan fingerprint density at radius 3 is 2.17 bits per heavy atom. The van der Waals surface area contributed by atoms with Crippen LogP contribution in [0.25, 0.3) is 0 Å². The monoisotopic (exact) mass is 639 g/mol. The third-order valence-corrected chi connectivity index (χ3v) is 8.99. The smallest absolute Gasteiger partial charge is 0.264 e. The quantitative estimate of drug-likeness (QED) is 0.258. The van der Waals surface area contributed by atoms with Gasteiger partial charge < -0.3 is 15.0 Å². The summed E-state index contributed by atoms with van der Waals surface area (Å²) in [4.78, 5) is 28.5.